The molecule has 0 atom stereocenters. The van der Waals surface area contributed by atoms with Gasteiger partial charge in [0.25, 0.3) is 0 Å². The summed E-state index contributed by atoms with van der Waals surface area (Å²) in [5, 5.41) is 12.0. The van der Waals surface area contributed by atoms with Crippen LogP contribution in [0.15, 0.2) is 24.3 Å². The maximum Gasteiger partial charge on any atom is 0.335 e. The lowest BCUT2D eigenvalue weighted by molar-refractivity contribution is 0.0695. The molecule has 0 saturated carbocycles. The molecule has 0 radical (unpaired) electrons. The summed E-state index contributed by atoms with van der Waals surface area (Å²) in [4.78, 5) is 24.9. The summed E-state index contributed by atoms with van der Waals surface area (Å²) in [5.41, 5.74) is 1.03. The van der Waals surface area contributed by atoms with E-state index in [2.05, 4.69) is 19.2 Å². The van der Waals surface area contributed by atoms with E-state index in [1.165, 1.54) is 0 Å². The Balaban J connectivity index is 2.53. The second-order valence-corrected chi connectivity index (χ2v) is 5.38. The zero-order valence-corrected chi connectivity index (χ0v) is 12.9. The second kappa shape index (κ2) is 8.29. The first-order valence-corrected chi connectivity index (χ1v) is 7.29. The molecule has 0 aliphatic rings. The van der Waals surface area contributed by atoms with Gasteiger partial charge in [-0.2, -0.15) is 0 Å². The lowest BCUT2D eigenvalue weighted by atomic mass is 10.0. The monoisotopic (exact) mass is 292 g/mol. The number of carbonyl (C=O) groups excluding carboxylic acids is 1. The molecule has 0 heterocycles. The fourth-order valence-electron chi connectivity index (χ4n) is 2.16. The van der Waals surface area contributed by atoms with Gasteiger partial charge in [0, 0.05) is 19.6 Å². The molecule has 0 aliphatic heterocycles. The van der Waals surface area contributed by atoms with Crippen LogP contribution in [0, 0.1) is 5.92 Å². The van der Waals surface area contributed by atoms with Gasteiger partial charge in [-0.15, -0.1) is 0 Å². The van der Waals surface area contributed by atoms with Crippen LogP contribution in [0.1, 0.15) is 36.7 Å². The SMILES string of the molecule is CCN(CC(C)C)C(=O)NCCc1ccccc1C(=O)O. The minimum Gasteiger partial charge on any atom is -0.478 e. The van der Waals surface area contributed by atoms with E-state index in [0.717, 1.165) is 5.56 Å². The third-order valence-electron chi connectivity index (χ3n) is 3.17. The summed E-state index contributed by atoms with van der Waals surface area (Å²) < 4.78 is 0. The number of rotatable bonds is 7. The van der Waals surface area contributed by atoms with Crippen LogP contribution >= 0.6 is 0 Å². The van der Waals surface area contributed by atoms with Gasteiger partial charge < -0.3 is 15.3 Å². The molecule has 1 aromatic rings. The van der Waals surface area contributed by atoms with Crippen molar-refractivity contribution in [3.63, 3.8) is 0 Å². The number of carboxylic acids is 1. The molecule has 21 heavy (non-hydrogen) atoms. The zero-order chi connectivity index (χ0) is 15.8. The largest absolute Gasteiger partial charge is 0.478 e. The Labute approximate surface area is 126 Å². The van der Waals surface area contributed by atoms with Crippen LogP contribution < -0.4 is 5.32 Å². The first-order valence-electron chi connectivity index (χ1n) is 7.29. The summed E-state index contributed by atoms with van der Waals surface area (Å²) in [5.74, 6) is -0.518. The van der Waals surface area contributed by atoms with Gasteiger partial charge in [-0.05, 0) is 30.9 Å². The highest BCUT2D eigenvalue weighted by atomic mass is 16.4. The molecule has 0 saturated heterocycles. The Bertz CT molecular complexity index is 486. The average Bonchev–Trinajstić information content (AvgIpc) is 2.44. The van der Waals surface area contributed by atoms with Gasteiger partial charge >= 0.3 is 12.0 Å². The number of carboxylic acid groups (broad SMARTS) is 1. The van der Waals surface area contributed by atoms with Crippen molar-refractivity contribution >= 4 is 12.0 Å². The molecule has 0 fully saturated rings. The minimum atomic E-state index is -0.938. The van der Waals surface area contributed by atoms with Crippen molar-refractivity contribution in [2.24, 2.45) is 5.92 Å². The Morgan fingerprint density at radius 3 is 2.52 bits per heavy atom. The van der Waals surface area contributed by atoms with Crippen LogP contribution in [0.2, 0.25) is 0 Å². The van der Waals surface area contributed by atoms with Crippen molar-refractivity contribution < 1.29 is 14.7 Å². The van der Waals surface area contributed by atoms with Crippen LogP contribution in [0.25, 0.3) is 0 Å². The molecule has 5 heteroatoms. The third kappa shape index (κ3) is 5.45. The maximum absolute atomic E-state index is 12.0. The molecule has 5 nitrogen and oxygen atoms in total. The molecule has 0 aliphatic carbocycles. The Morgan fingerprint density at radius 1 is 1.29 bits per heavy atom. The molecule has 0 spiro atoms. The Kier molecular flexibility index (Phi) is 6.72. The number of hydrogen-bond acceptors (Lipinski definition) is 2. The number of nitrogens with zero attached hydrogens (tertiary/aromatic N) is 1. The molecule has 1 rings (SSSR count). The van der Waals surface area contributed by atoms with Gasteiger partial charge in [0.15, 0.2) is 0 Å². The summed E-state index contributed by atoms with van der Waals surface area (Å²) >= 11 is 0. The highest BCUT2D eigenvalue weighted by Gasteiger charge is 2.13. The van der Waals surface area contributed by atoms with Crippen molar-refractivity contribution in [2.75, 3.05) is 19.6 Å². The number of hydrogen-bond donors (Lipinski definition) is 2. The number of aromatic carboxylic acids is 1. The van der Waals surface area contributed by atoms with Crippen LogP contribution in [0.4, 0.5) is 4.79 Å². The Hall–Kier alpha value is -2.04. The topological polar surface area (TPSA) is 69.6 Å². The van der Waals surface area contributed by atoms with Crippen molar-refractivity contribution in [3.8, 4) is 0 Å². The highest BCUT2D eigenvalue weighted by Crippen LogP contribution is 2.09. The van der Waals surface area contributed by atoms with E-state index in [0.29, 0.717) is 37.5 Å². The predicted molar refractivity (Wildman–Crippen MR) is 82.6 cm³/mol. The highest BCUT2D eigenvalue weighted by molar-refractivity contribution is 5.89. The lowest BCUT2D eigenvalue weighted by Gasteiger charge is -2.23. The van der Waals surface area contributed by atoms with E-state index in [1.54, 1.807) is 29.2 Å². The van der Waals surface area contributed by atoms with Gasteiger partial charge in [0.2, 0.25) is 0 Å². The number of benzene rings is 1. The molecule has 0 unspecified atom stereocenters. The van der Waals surface area contributed by atoms with E-state index in [-0.39, 0.29) is 6.03 Å². The van der Waals surface area contributed by atoms with Gasteiger partial charge in [0.1, 0.15) is 0 Å². The van der Waals surface area contributed by atoms with E-state index in [4.69, 9.17) is 5.11 Å². The van der Waals surface area contributed by atoms with Gasteiger partial charge in [-0.3, -0.25) is 0 Å². The van der Waals surface area contributed by atoms with Gasteiger partial charge in [-0.25, -0.2) is 9.59 Å². The third-order valence-corrected chi connectivity index (χ3v) is 3.17. The fraction of sp³-hybridized carbons (Fsp3) is 0.500. The smallest absolute Gasteiger partial charge is 0.335 e. The standard InChI is InChI=1S/C16H24N2O3/c1-4-18(11-12(2)3)16(21)17-10-9-13-7-5-6-8-14(13)15(19)20/h5-8,12H,4,9-11H2,1-3H3,(H,17,21)(H,19,20). The van der Waals surface area contributed by atoms with Gasteiger partial charge in [-0.1, -0.05) is 32.0 Å². The van der Waals surface area contributed by atoms with Crippen molar-refractivity contribution in [1.29, 1.82) is 0 Å². The first-order chi connectivity index (χ1) is 9.95. The number of carbonyl (C=O) groups is 2. The summed E-state index contributed by atoms with van der Waals surface area (Å²) in [6, 6.07) is 6.77. The number of urea groups is 1. The molecular formula is C16H24N2O3. The fourth-order valence-corrected chi connectivity index (χ4v) is 2.16. The molecule has 116 valence electrons. The first kappa shape index (κ1) is 17.0. The van der Waals surface area contributed by atoms with Gasteiger partial charge in [0.05, 0.1) is 5.56 Å². The predicted octanol–water partition coefficient (Wildman–Crippen LogP) is 2.61. The van der Waals surface area contributed by atoms with E-state index in [9.17, 15) is 9.59 Å². The van der Waals surface area contributed by atoms with E-state index >= 15 is 0 Å². The van der Waals surface area contributed by atoms with E-state index < -0.39 is 5.97 Å². The van der Waals surface area contributed by atoms with Crippen LogP contribution in [0.5, 0.6) is 0 Å². The van der Waals surface area contributed by atoms with Crippen LogP contribution in [-0.2, 0) is 6.42 Å². The van der Waals surface area contributed by atoms with Crippen molar-refractivity contribution in [3.05, 3.63) is 35.4 Å². The molecule has 2 N–H and O–H groups in total. The normalized spacial score (nSPS) is 10.5. The quantitative estimate of drug-likeness (QED) is 0.811. The second-order valence-electron chi connectivity index (χ2n) is 5.38. The molecule has 2 amide bonds. The molecule has 0 aromatic heterocycles. The lowest BCUT2D eigenvalue weighted by Crippen LogP contribution is -2.42. The van der Waals surface area contributed by atoms with Crippen LogP contribution in [0.3, 0.4) is 0 Å². The summed E-state index contributed by atoms with van der Waals surface area (Å²) in [7, 11) is 0. The number of amides is 2. The van der Waals surface area contributed by atoms with E-state index in [1.807, 2.05) is 6.92 Å². The summed E-state index contributed by atoms with van der Waals surface area (Å²) in [6.07, 6.45) is 0.507. The maximum atomic E-state index is 12.0. The van der Waals surface area contributed by atoms with Crippen molar-refractivity contribution in [1.82, 2.24) is 10.2 Å². The summed E-state index contributed by atoms with van der Waals surface area (Å²) in [6.45, 7) is 7.89. The zero-order valence-electron chi connectivity index (χ0n) is 12.9. The number of nitrogens with one attached hydrogen (secondary N) is 1. The molecular weight excluding hydrogens is 268 g/mol. The minimum absolute atomic E-state index is 0.0981. The molecule has 1 aromatic carbocycles. The molecule has 0 bridgehead atoms. The van der Waals surface area contributed by atoms with Crippen molar-refractivity contribution in [2.45, 2.75) is 27.2 Å². The Morgan fingerprint density at radius 2 is 1.95 bits per heavy atom. The average molecular weight is 292 g/mol. The van der Waals surface area contributed by atoms with Crippen LogP contribution in [-0.4, -0.2) is 41.6 Å².